The smallest absolute Gasteiger partial charge is 0.189 e. The molecule has 0 spiro atoms. The lowest BCUT2D eigenvalue weighted by atomic mass is 10.2. The highest BCUT2D eigenvalue weighted by atomic mass is 16.5. The van der Waals surface area contributed by atoms with Crippen LogP contribution in [0.4, 0.5) is 5.69 Å². The van der Waals surface area contributed by atoms with Crippen molar-refractivity contribution in [3.63, 3.8) is 0 Å². The van der Waals surface area contributed by atoms with Gasteiger partial charge in [0.1, 0.15) is 17.7 Å². The largest absolute Gasteiger partial charge is 0.508 e. The number of benzene rings is 1. The monoisotopic (exact) mass is 415 g/mol. The molecule has 1 fully saturated rings. The van der Waals surface area contributed by atoms with Crippen LogP contribution in [0.15, 0.2) is 41.2 Å². The second-order valence-electron chi connectivity index (χ2n) is 7.46. The Bertz CT molecular complexity index is 999. The number of phenolic OH excluding ortho intramolecular Hbond substituents is 1. The number of aromatic hydroxyl groups is 1. The third kappa shape index (κ3) is 3.65. The molecule has 2 unspecified atom stereocenters. The van der Waals surface area contributed by atoms with Crippen molar-refractivity contribution in [1.82, 2.24) is 19.8 Å². The van der Waals surface area contributed by atoms with Gasteiger partial charge in [-0.2, -0.15) is 5.10 Å². The lowest BCUT2D eigenvalue weighted by molar-refractivity contribution is -0.00642. The molecule has 1 aromatic carbocycles. The second-order valence-corrected chi connectivity index (χ2v) is 7.46. The van der Waals surface area contributed by atoms with E-state index in [0.29, 0.717) is 18.0 Å². The van der Waals surface area contributed by atoms with E-state index in [-0.39, 0.29) is 18.9 Å². The zero-order valence-corrected chi connectivity index (χ0v) is 16.8. The Morgan fingerprint density at radius 2 is 1.97 bits per heavy atom. The molecule has 0 radical (unpaired) electrons. The molecule has 30 heavy (non-hydrogen) atoms. The van der Waals surface area contributed by atoms with Crippen molar-refractivity contribution in [2.24, 2.45) is 0 Å². The van der Waals surface area contributed by atoms with Crippen LogP contribution in [-0.2, 0) is 13.1 Å². The maximum Gasteiger partial charge on any atom is 0.189 e. The van der Waals surface area contributed by atoms with Crippen LogP contribution in [0.2, 0.25) is 0 Å². The zero-order valence-electron chi connectivity index (χ0n) is 16.8. The van der Waals surface area contributed by atoms with Gasteiger partial charge < -0.3 is 29.8 Å². The molecule has 4 N–H and O–H groups in total. The van der Waals surface area contributed by atoms with Gasteiger partial charge in [-0.3, -0.25) is 4.68 Å². The van der Waals surface area contributed by atoms with Gasteiger partial charge in [0.15, 0.2) is 6.35 Å². The van der Waals surface area contributed by atoms with Crippen LogP contribution in [0.25, 0.3) is 0 Å². The molecule has 10 heteroatoms. The van der Waals surface area contributed by atoms with Crippen LogP contribution in [0.3, 0.4) is 0 Å². The molecule has 1 aliphatic heterocycles. The number of rotatable bonds is 6. The van der Waals surface area contributed by atoms with Crippen LogP contribution in [0.1, 0.15) is 22.6 Å². The number of anilines is 1. The maximum atomic E-state index is 10.9. The molecule has 160 valence electrons. The van der Waals surface area contributed by atoms with E-state index >= 15 is 0 Å². The average Bonchev–Trinajstić information content (AvgIpc) is 3.35. The van der Waals surface area contributed by atoms with Crippen LogP contribution < -0.4 is 4.90 Å². The third-order valence-corrected chi connectivity index (χ3v) is 5.48. The SMILES string of the molecule is Cc1noc(C)c1Cn1cc(N2C(O)C(CO)N(Cc3cccc(O)c3)[C@@H]2O)cn1. The van der Waals surface area contributed by atoms with Crippen molar-refractivity contribution in [1.29, 1.82) is 0 Å². The first kappa shape index (κ1) is 20.4. The highest BCUT2D eigenvalue weighted by Gasteiger charge is 2.46. The van der Waals surface area contributed by atoms with Gasteiger partial charge in [0, 0.05) is 18.3 Å². The van der Waals surface area contributed by atoms with Crippen molar-refractivity contribution in [3.05, 3.63) is 59.2 Å². The van der Waals surface area contributed by atoms with E-state index in [4.69, 9.17) is 4.52 Å². The van der Waals surface area contributed by atoms with E-state index in [0.717, 1.165) is 16.8 Å². The summed E-state index contributed by atoms with van der Waals surface area (Å²) in [6.07, 6.45) is 0.942. The van der Waals surface area contributed by atoms with Crippen molar-refractivity contribution in [2.75, 3.05) is 11.5 Å². The summed E-state index contributed by atoms with van der Waals surface area (Å²) in [4.78, 5) is 2.98. The Morgan fingerprint density at radius 1 is 1.17 bits per heavy atom. The Morgan fingerprint density at radius 3 is 2.63 bits per heavy atom. The van der Waals surface area contributed by atoms with Crippen LogP contribution in [-0.4, -0.2) is 65.5 Å². The number of aliphatic hydroxyl groups is 3. The minimum atomic E-state index is -1.18. The summed E-state index contributed by atoms with van der Waals surface area (Å²) in [5.41, 5.74) is 2.96. The number of hydrogen-bond donors (Lipinski definition) is 4. The number of aromatic nitrogens is 3. The normalized spacial score (nSPS) is 22.2. The summed E-state index contributed by atoms with van der Waals surface area (Å²) in [5.74, 6) is 0.822. The molecule has 10 nitrogen and oxygen atoms in total. The molecule has 0 bridgehead atoms. The standard InChI is InChI=1S/C20H25N5O5/c1-12-17(13(2)30-22-12)10-23-9-15(7-21-23)25-19(28)18(11-26)24(20(25)29)8-14-4-3-5-16(27)6-14/h3-7,9,18-20,26-29H,8,10-11H2,1-2H3/t18?,19?,20-/m0/s1. The van der Waals surface area contributed by atoms with E-state index < -0.39 is 18.6 Å². The molecule has 2 aromatic heterocycles. The quantitative estimate of drug-likeness (QED) is 0.455. The summed E-state index contributed by atoms with van der Waals surface area (Å²) in [7, 11) is 0. The Labute approximate surface area is 173 Å². The Kier molecular flexibility index (Phi) is 5.48. The first-order chi connectivity index (χ1) is 14.4. The minimum absolute atomic E-state index is 0.111. The molecule has 4 rings (SSSR count). The van der Waals surface area contributed by atoms with Crippen molar-refractivity contribution >= 4 is 5.69 Å². The molecule has 3 heterocycles. The summed E-state index contributed by atoms with van der Waals surface area (Å²) >= 11 is 0. The predicted molar refractivity (Wildman–Crippen MR) is 106 cm³/mol. The summed E-state index contributed by atoms with van der Waals surface area (Å²) in [6.45, 7) is 4.02. The number of hydrogen-bond acceptors (Lipinski definition) is 9. The van der Waals surface area contributed by atoms with Crippen LogP contribution >= 0.6 is 0 Å². The molecule has 3 atom stereocenters. The van der Waals surface area contributed by atoms with Crippen LogP contribution in [0.5, 0.6) is 5.75 Å². The Balaban J connectivity index is 1.56. The van der Waals surface area contributed by atoms with Gasteiger partial charge in [-0.25, -0.2) is 4.90 Å². The van der Waals surface area contributed by atoms with E-state index in [2.05, 4.69) is 10.3 Å². The van der Waals surface area contributed by atoms with Gasteiger partial charge in [-0.1, -0.05) is 17.3 Å². The molecule has 0 amide bonds. The van der Waals surface area contributed by atoms with Gasteiger partial charge in [0.2, 0.25) is 0 Å². The number of aryl methyl sites for hydroxylation is 2. The van der Waals surface area contributed by atoms with Crippen molar-refractivity contribution in [3.8, 4) is 5.75 Å². The molecule has 1 saturated heterocycles. The molecule has 3 aromatic rings. The maximum absolute atomic E-state index is 10.9. The Hall–Kier alpha value is -2.92. The average molecular weight is 415 g/mol. The fraction of sp³-hybridized carbons (Fsp3) is 0.400. The molecule has 1 aliphatic rings. The summed E-state index contributed by atoms with van der Waals surface area (Å²) in [6, 6.07) is 5.93. The first-order valence-electron chi connectivity index (χ1n) is 9.62. The molecule has 0 aliphatic carbocycles. The molecular weight excluding hydrogens is 390 g/mol. The van der Waals surface area contributed by atoms with Crippen molar-refractivity contribution < 1.29 is 24.9 Å². The number of nitrogens with zero attached hydrogens (tertiary/aromatic N) is 5. The summed E-state index contributed by atoms with van der Waals surface area (Å²) < 4.78 is 6.86. The zero-order chi connectivity index (χ0) is 21.4. The fourth-order valence-electron chi connectivity index (χ4n) is 3.84. The lowest BCUT2D eigenvalue weighted by Gasteiger charge is -2.27. The van der Waals surface area contributed by atoms with E-state index in [1.165, 1.54) is 4.90 Å². The second kappa shape index (κ2) is 8.07. The predicted octanol–water partition coefficient (Wildman–Crippen LogP) is 0.519. The minimum Gasteiger partial charge on any atom is -0.508 e. The van der Waals surface area contributed by atoms with Gasteiger partial charge in [-0.05, 0) is 31.5 Å². The van der Waals surface area contributed by atoms with E-state index in [1.54, 1.807) is 46.2 Å². The highest BCUT2D eigenvalue weighted by Crippen LogP contribution is 2.31. The highest BCUT2D eigenvalue weighted by molar-refractivity contribution is 5.46. The number of aliphatic hydroxyl groups excluding tert-OH is 3. The number of phenols is 1. The van der Waals surface area contributed by atoms with E-state index in [1.807, 2.05) is 13.8 Å². The fourth-order valence-corrected chi connectivity index (χ4v) is 3.84. The van der Waals surface area contributed by atoms with Gasteiger partial charge in [0.05, 0.1) is 36.8 Å². The molecule has 0 saturated carbocycles. The van der Waals surface area contributed by atoms with E-state index in [9.17, 15) is 20.4 Å². The van der Waals surface area contributed by atoms with Gasteiger partial charge in [-0.15, -0.1) is 0 Å². The van der Waals surface area contributed by atoms with Crippen LogP contribution in [0, 0.1) is 13.8 Å². The van der Waals surface area contributed by atoms with Gasteiger partial charge >= 0.3 is 0 Å². The first-order valence-corrected chi connectivity index (χ1v) is 9.62. The third-order valence-electron chi connectivity index (χ3n) is 5.48. The lowest BCUT2D eigenvalue weighted by Crippen LogP contribution is -2.41. The van der Waals surface area contributed by atoms with Crippen molar-refractivity contribution in [2.45, 2.75) is 45.6 Å². The summed E-state index contributed by atoms with van der Waals surface area (Å²) in [5, 5.41) is 49.5. The topological polar surface area (TPSA) is 131 Å². The van der Waals surface area contributed by atoms with Gasteiger partial charge in [0.25, 0.3) is 0 Å². The molecular formula is C20H25N5O5.